The van der Waals surface area contributed by atoms with E-state index in [9.17, 15) is 23.3 Å². The van der Waals surface area contributed by atoms with Crippen LogP contribution in [0.15, 0.2) is 47.4 Å². The zero-order valence-electron chi connectivity index (χ0n) is 15.6. The summed E-state index contributed by atoms with van der Waals surface area (Å²) in [5, 5.41) is 11.5. The third-order valence-electron chi connectivity index (χ3n) is 3.98. The molecule has 0 saturated heterocycles. The molecule has 28 heavy (non-hydrogen) atoms. The van der Waals surface area contributed by atoms with Crippen LogP contribution in [-0.4, -0.2) is 43.8 Å². The Balaban J connectivity index is 2.51. The van der Waals surface area contributed by atoms with Crippen molar-refractivity contribution in [3.05, 3.63) is 58.1 Å². The summed E-state index contributed by atoms with van der Waals surface area (Å²) < 4.78 is 36.7. The Morgan fingerprint density at radius 2 is 1.75 bits per heavy atom. The van der Waals surface area contributed by atoms with Crippen LogP contribution in [0.2, 0.25) is 0 Å². The highest BCUT2D eigenvalue weighted by atomic mass is 32.2. The molecule has 2 rings (SSSR count). The van der Waals surface area contributed by atoms with Gasteiger partial charge in [0, 0.05) is 19.2 Å². The molecule has 0 saturated carbocycles. The zero-order valence-corrected chi connectivity index (χ0v) is 16.4. The molecule has 0 unspecified atom stereocenters. The van der Waals surface area contributed by atoms with Crippen molar-refractivity contribution in [3.8, 4) is 11.5 Å². The molecule has 2 aromatic rings. The summed E-state index contributed by atoms with van der Waals surface area (Å²) in [4.78, 5) is 22.4. The number of esters is 1. The highest BCUT2D eigenvalue weighted by Crippen LogP contribution is 2.35. The van der Waals surface area contributed by atoms with E-state index in [1.54, 1.807) is 26.0 Å². The van der Waals surface area contributed by atoms with Gasteiger partial charge < -0.3 is 9.47 Å². The van der Waals surface area contributed by atoms with Crippen molar-refractivity contribution in [1.82, 2.24) is 4.31 Å². The van der Waals surface area contributed by atoms with Crippen LogP contribution in [0.1, 0.15) is 24.2 Å². The first-order valence-corrected chi connectivity index (χ1v) is 9.84. The maximum Gasteiger partial charge on any atom is 0.341 e. The van der Waals surface area contributed by atoms with E-state index >= 15 is 0 Å². The van der Waals surface area contributed by atoms with Gasteiger partial charge in [-0.15, -0.1) is 0 Å². The normalized spacial score (nSPS) is 11.3. The number of ether oxygens (including phenoxy) is 2. The molecule has 10 heteroatoms. The molecule has 0 spiro atoms. The zero-order chi connectivity index (χ0) is 20.9. The van der Waals surface area contributed by atoms with Gasteiger partial charge in [-0.1, -0.05) is 26.0 Å². The summed E-state index contributed by atoms with van der Waals surface area (Å²) in [6.45, 7) is 3.82. The Morgan fingerprint density at radius 3 is 2.32 bits per heavy atom. The minimum atomic E-state index is -3.87. The van der Waals surface area contributed by atoms with Gasteiger partial charge in [0.2, 0.25) is 15.8 Å². The lowest BCUT2D eigenvalue weighted by Gasteiger charge is -2.18. The van der Waals surface area contributed by atoms with E-state index < -0.39 is 26.6 Å². The summed E-state index contributed by atoms with van der Waals surface area (Å²) in [5.74, 6) is -0.810. The molecule has 0 aliphatic heterocycles. The Morgan fingerprint density at radius 1 is 1.11 bits per heavy atom. The molecule has 0 aliphatic carbocycles. The topological polar surface area (TPSA) is 116 Å². The van der Waals surface area contributed by atoms with E-state index in [0.29, 0.717) is 0 Å². The van der Waals surface area contributed by atoms with Gasteiger partial charge in [0.1, 0.15) is 11.3 Å². The molecule has 0 aliphatic rings. The monoisotopic (exact) mass is 408 g/mol. The molecule has 0 radical (unpaired) electrons. The molecule has 9 nitrogen and oxygen atoms in total. The number of sulfonamides is 1. The number of nitro benzene ring substituents is 1. The maximum absolute atomic E-state index is 12.6. The average molecular weight is 408 g/mol. The van der Waals surface area contributed by atoms with Crippen LogP contribution >= 0.6 is 0 Å². The van der Waals surface area contributed by atoms with Gasteiger partial charge in [-0.3, -0.25) is 10.1 Å². The van der Waals surface area contributed by atoms with E-state index in [-0.39, 0.29) is 35.0 Å². The lowest BCUT2D eigenvalue weighted by atomic mass is 10.2. The van der Waals surface area contributed by atoms with Crippen molar-refractivity contribution in [3.63, 3.8) is 0 Å². The van der Waals surface area contributed by atoms with Crippen LogP contribution < -0.4 is 4.74 Å². The van der Waals surface area contributed by atoms with Crippen LogP contribution in [0.4, 0.5) is 5.69 Å². The Labute approximate surface area is 162 Å². The quantitative estimate of drug-likeness (QED) is 0.374. The predicted molar refractivity (Wildman–Crippen MR) is 101 cm³/mol. The first kappa shape index (κ1) is 21.3. The molecule has 0 N–H and O–H groups in total. The van der Waals surface area contributed by atoms with Crippen LogP contribution in [0.3, 0.4) is 0 Å². The van der Waals surface area contributed by atoms with Gasteiger partial charge in [0.15, 0.2) is 0 Å². The number of hydrogen-bond donors (Lipinski definition) is 0. The lowest BCUT2D eigenvalue weighted by molar-refractivity contribution is -0.385. The molecular weight excluding hydrogens is 388 g/mol. The standard InChI is InChI=1S/C18H20N2O7S/c1-4-19(5-2)28(24,25)13-10-11-17(15(12-13)20(22)23)27-16-9-7-6-8-14(16)18(21)26-3/h6-12H,4-5H2,1-3H3. The molecule has 2 aromatic carbocycles. The molecule has 0 aromatic heterocycles. The third kappa shape index (κ3) is 4.29. The molecule has 0 heterocycles. The second-order valence-corrected chi connectivity index (χ2v) is 7.50. The molecule has 0 amide bonds. The molecule has 0 bridgehead atoms. The number of nitro groups is 1. The molecule has 0 fully saturated rings. The minimum absolute atomic E-state index is 0.0526. The first-order valence-electron chi connectivity index (χ1n) is 8.40. The van der Waals surface area contributed by atoms with Crippen LogP contribution in [0.25, 0.3) is 0 Å². The van der Waals surface area contributed by atoms with E-state index in [0.717, 1.165) is 6.07 Å². The van der Waals surface area contributed by atoms with Crippen molar-refractivity contribution in [2.75, 3.05) is 20.2 Å². The van der Waals surface area contributed by atoms with Crippen LogP contribution in [0.5, 0.6) is 11.5 Å². The average Bonchev–Trinajstić information content (AvgIpc) is 2.68. The van der Waals surface area contributed by atoms with E-state index in [4.69, 9.17) is 4.74 Å². The van der Waals surface area contributed by atoms with Crippen molar-refractivity contribution in [2.24, 2.45) is 0 Å². The number of benzene rings is 2. The SMILES string of the molecule is CCN(CC)S(=O)(=O)c1ccc(Oc2ccccc2C(=O)OC)c([N+](=O)[O-])c1. The molecular formula is C18H20N2O7S. The number of rotatable bonds is 8. The lowest BCUT2D eigenvalue weighted by Crippen LogP contribution is -2.30. The Kier molecular flexibility index (Phi) is 6.71. The molecule has 150 valence electrons. The van der Waals surface area contributed by atoms with Crippen LogP contribution in [0, 0.1) is 10.1 Å². The number of methoxy groups -OCH3 is 1. The largest absolute Gasteiger partial charge is 0.465 e. The summed E-state index contributed by atoms with van der Waals surface area (Å²) >= 11 is 0. The van der Waals surface area contributed by atoms with E-state index in [1.165, 1.54) is 35.7 Å². The van der Waals surface area contributed by atoms with Crippen molar-refractivity contribution < 1.29 is 27.6 Å². The predicted octanol–water partition coefficient (Wildman–Crippen LogP) is 3.20. The number of para-hydroxylation sites is 1. The van der Waals surface area contributed by atoms with Gasteiger partial charge >= 0.3 is 11.7 Å². The molecule has 0 atom stereocenters. The number of nitrogens with zero attached hydrogens (tertiary/aromatic N) is 2. The fourth-order valence-corrected chi connectivity index (χ4v) is 4.03. The first-order chi connectivity index (χ1) is 13.3. The maximum atomic E-state index is 12.6. The van der Waals surface area contributed by atoms with E-state index in [1.807, 2.05) is 0 Å². The second kappa shape index (κ2) is 8.81. The van der Waals surface area contributed by atoms with Gasteiger partial charge in [-0.05, 0) is 24.3 Å². The highest BCUT2D eigenvalue weighted by Gasteiger charge is 2.27. The minimum Gasteiger partial charge on any atom is -0.465 e. The summed E-state index contributed by atoms with van der Waals surface area (Å²) in [6, 6.07) is 9.46. The smallest absolute Gasteiger partial charge is 0.341 e. The Bertz CT molecular complexity index is 985. The van der Waals surface area contributed by atoms with Crippen LogP contribution in [-0.2, 0) is 14.8 Å². The van der Waals surface area contributed by atoms with Gasteiger partial charge in [-0.25, -0.2) is 13.2 Å². The fourth-order valence-electron chi connectivity index (χ4n) is 2.55. The second-order valence-electron chi connectivity index (χ2n) is 5.57. The van der Waals surface area contributed by atoms with Gasteiger partial charge in [-0.2, -0.15) is 4.31 Å². The summed E-state index contributed by atoms with van der Waals surface area (Å²) in [5.41, 5.74) is -0.452. The van der Waals surface area contributed by atoms with Gasteiger partial charge in [0.05, 0.1) is 16.9 Å². The van der Waals surface area contributed by atoms with Crippen molar-refractivity contribution in [2.45, 2.75) is 18.7 Å². The highest BCUT2D eigenvalue weighted by molar-refractivity contribution is 7.89. The number of carbonyl (C=O) groups excluding carboxylic acids is 1. The summed E-state index contributed by atoms with van der Waals surface area (Å²) in [6.07, 6.45) is 0. The van der Waals surface area contributed by atoms with Crippen molar-refractivity contribution >= 4 is 21.7 Å². The van der Waals surface area contributed by atoms with Crippen molar-refractivity contribution in [1.29, 1.82) is 0 Å². The Hall–Kier alpha value is -2.98. The number of carbonyl (C=O) groups is 1. The fraction of sp³-hybridized carbons (Fsp3) is 0.278. The third-order valence-corrected chi connectivity index (χ3v) is 6.03. The van der Waals surface area contributed by atoms with Gasteiger partial charge in [0.25, 0.3) is 0 Å². The van der Waals surface area contributed by atoms with E-state index in [2.05, 4.69) is 4.74 Å². The summed E-state index contributed by atoms with van der Waals surface area (Å²) in [7, 11) is -2.67. The number of hydrogen-bond acceptors (Lipinski definition) is 7.